The van der Waals surface area contributed by atoms with Gasteiger partial charge in [-0.3, -0.25) is 0 Å². The Hall–Kier alpha value is -0.0400. The molecule has 0 spiro atoms. The van der Waals surface area contributed by atoms with Crippen LogP contribution in [0, 0.1) is 5.92 Å². The van der Waals surface area contributed by atoms with Gasteiger partial charge in [0.1, 0.15) is 0 Å². The van der Waals surface area contributed by atoms with Gasteiger partial charge in [0, 0.05) is 6.04 Å². The molecule has 0 radical (unpaired) electrons. The highest BCUT2D eigenvalue weighted by Crippen LogP contribution is 2.16. The number of nitrogens with one attached hydrogen (secondary N) is 1. The Morgan fingerprint density at radius 2 is 1.32 bits per heavy atom. The van der Waals surface area contributed by atoms with E-state index in [2.05, 4.69) is 33.1 Å². The number of hydrogen-bond donors (Lipinski definition) is 1. The first-order valence-electron chi connectivity index (χ1n) is 8.91. The maximum absolute atomic E-state index is 3.49. The lowest BCUT2D eigenvalue weighted by Gasteiger charge is -2.19. The van der Waals surface area contributed by atoms with E-state index in [9.17, 15) is 0 Å². The molecule has 0 aliphatic rings. The van der Waals surface area contributed by atoms with Gasteiger partial charge >= 0.3 is 0 Å². The summed E-state index contributed by atoms with van der Waals surface area (Å²) in [5.74, 6) is 0.871. The fourth-order valence-corrected chi connectivity index (χ4v) is 2.73. The number of hydrogen-bond acceptors (Lipinski definition) is 1. The molecule has 0 saturated carbocycles. The van der Waals surface area contributed by atoms with Gasteiger partial charge in [0.15, 0.2) is 0 Å². The van der Waals surface area contributed by atoms with Crippen LogP contribution in [0.1, 0.15) is 97.8 Å². The Balaban J connectivity index is 3.31. The van der Waals surface area contributed by atoms with E-state index in [1.165, 1.54) is 77.0 Å². The summed E-state index contributed by atoms with van der Waals surface area (Å²) in [4.78, 5) is 0. The van der Waals surface area contributed by atoms with E-state index in [1.54, 1.807) is 0 Å². The molecule has 0 aromatic heterocycles. The Morgan fingerprint density at radius 3 is 1.79 bits per heavy atom. The lowest BCUT2D eigenvalue weighted by molar-refractivity contribution is 0.383. The van der Waals surface area contributed by atoms with E-state index in [1.807, 2.05) is 0 Å². The Labute approximate surface area is 122 Å². The zero-order chi connectivity index (χ0) is 14.3. The second kappa shape index (κ2) is 14.4. The zero-order valence-corrected chi connectivity index (χ0v) is 14.1. The van der Waals surface area contributed by atoms with Crippen LogP contribution in [0.2, 0.25) is 0 Å². The van der Waals surface area contributed by atoms with Crippen molar-refractivity contribution >= 4 is 0 Å². The van der Waals surface area contributed by atoms with Crippen molar-refractivity contribution < 1.29 is 0 Å². The third-order valence-corrected chi connectivity index (χ3v) is 4.45. The van der Waals surface area contributed by atoms with Crippen LogP contribution in [0.15, 0.2) is 0 Å². The molecule has 0 aliphatic carbocycles. The summed E-state index contributed by atoms with van der Waals surface area (Å²) in [5.41, 5.74) is 0. The first kappa shape index (κ1) is 19.0. The fraction of sp³-hybridized carbons (Fsp3) is 1.00. The van der Waals surface area contributed by atoms with Crippen molar-refractivity contribution in [2.45, 2.75) is 104 Å². The van der Waals surface area contributed by atoms with Crippen LogP contribution in [-0.2, 0) is 0 Å². The van der Waals surface area contributed by atoms with E-state index in [-0.39, 0.29) is 0 Å². The molecule has 0 amide bonds. The number of rotatable bonds is 14. The van der Waals surface area contributed by atoms with Gasteiger partial charge in [-0.05, 0) is 25.8 Å². The summed E-state index contributed by atoms with van der Waals surface area (Å²) in [7, 11) is 2.13. The maximum Gasteiger partial charge on any atom is 0.00665 e. The molecule has 1 N–H and O–H groups in total. The van der Waals surface area contributed by atoms with Crippen LogP contribution in [0.3, 0.4) is 0 Å². The van der Waals surface area contributed by atoms with E-state index in [0.29, 0.717) is 0 Å². The topological polar surface area (TPSA) is 12.0 Å². The SMILES string of the molecule is CCCCCCCCCCCC(CC(C)CC)NC. The molecule has 2 unspecified atom stereocenters. The minimum absolute atomic E-state index is 0.750. The molecule has 0 saturated heterocycles. The summed E-state index contributed by atoms with van der Waals surface area (Å²) >= 11 is 0. The summed E-state index contributed by atoms with van der Waals surface area (Å²) in [6.07, 6.45) is 17.0. The lowest BCUT2D eigenvalue weighted by Crippen LogP contribution is -2.27. The highest BCUT2D eigenvalue weighted by atomic mass is 14.9. The molecule has 19 heavy (non-hydrogen) atoms. The quantitative estimate of drug-likeness (QED) is 0.385. The van der Waals surface area contributed by atoms with Gasteiger partial charge in [0.05, 0.1) is 0 Å². The molecule has 0 heterocycles. The minimum Gasteiger partial charge on any atom is -0.317 e. The average molecular weight is 270 g/mol. The van der Waals surface area contributed by atoms with Gasteiger partial charge in [0.2, 0.25) is 0 Å². The largest absolute Gasteiger partial charge is 0.317 e. The van der Waals surface area contributed by atoms with Crippen molar-refractivity contribution in [3.63, 3.8) is 0 Å². The smallest absolute Gasteiger partial charge is 0.00665 e. The molecule has 0 aromatic carbocycles. The monoisotopic (exact) mass is 269 g/mol. The molecular weight excluding hydrogens is 230 g/mol. The van der Waals surface area contributed by atoms with Gasteiger partial charge < -0.3 is 5.32 Å². The summed E-state index contributed by atoms with van der Waals surface area (Å²) < 4.78 is 0. The first-order valence-corrected chi connectivity index (χ1v) is 8.91. The Bertz CT molecular complexity index is 167. The first-order chi connectivity index (χ1) is 9.24. The standard InChI is InChI=1S/C18H39N/c1-5-7-8-9-10-11-12-13-14-15-18(19-4)16-17(3)6-2/h17-19H,5-16H2,1-4H3. The molecule has 0 rings (SSSR count). The van der Waals surface area contributed by atoms with Crippen LogP contribution < -0.4 is 5.32 Å². The second-order valence-corrected chi connectivity index (χ2v) is 6.35. The van der Waals surface area contributed by atoms with Crippen LogP contribution in [0.25, 0.3) is 0 Å². The molecule has 0 aromatic rings. The lowest BCUT2D eigenvalue weighted by atomic mass is 9.95. The summed E-state index contributed by atoms with van der Waals surface area (Å²) in [6, 6.07) is 0.750. The minimum atomic E-state index is 0.750. The van der Waals surface area contributed by atoms with Gasteiger partial charge in [-0.2, -0.15) is 0 Å². The van der Waals surface area contributed by atoms with Crippen molar-refractivity contribution in [2.24, 2.45) is 5.92 Å². The highest BCUT2D eigenvalue weighted by Gasteiger charge is 2.09. The van der Waals surface area contributed by atoms with Crippen LogP contribution >= 0.6 is 0 Å². The van der Waals surface area contributed by atoms with Crippen molar-refractivity contribution in [1.82, 2.24) is 5.32 Å². The average Bonchev–Trinajstić information content (AvgIpc) is 2.43. The van der Waals surface area contributed by atoms with E-state index >= 15 is 0 Å². The van der Waals surface area contributed by atoms with Crippen molar-refractivity contribution in [3.8, 4) is 0 Å². The van der Waals surface area contributed by atoms with Crippen LogP contribution in [0.4, 0.5) is 0 Å². The van der Waals surface area contributed by atoms with Crippen molar-refractivity contribution in [2.75, 3.05) is 7.05 Å². The fourth-order valence-electron chi connectivity index (χ4n) is 2.73. The molecule has 0 bridgehead atoms. The predicted octanol–water partition coefficient (Wildman–Crippen LogP) is 5.93. The third kappa shape index (κ3) is 12.7. The molecule has 0 fully saturated rings. The van der Waals surface area contributed by atoms with E-state index in [0.717, 1.165) is 12.0 Å². The summed E-state index contributed by atoms with van der Waals surface area (Å²) in [5, 5.41) is 3.49. The molecule has 1 heteroatoms. The molecule has 116 valence electrons. The normalized spacial score (nSPS) is 14.5. The third-order valence-electron chi connectivity index (χ3n) is 4.45. The van der Waals surface area contributed by atoms with E-state index in [4.69, 9.17) is 0 Å². The Morgan fingerprint density at radius 1 is 0.789 bits per heavy atom. The van der Waals surface area contributed by atoms with Crippen molar-refractivity contribution in [3.05, 3.63) is 0 Å². The maximum atomic E-state index is 3.49. The summed E-state index contributed by atoms with van der Waals surface area (Å²) in [6.45, 7) is 6.97. The van der Waals surface area contributed by atoms with Gasteiger partial charge in [-0.1, -0.05) is 85.0 Å². The second-order valence-electron chi connectivity index (χ2n) is 6.35. The van der Waals surface area contributed by atoms with Crippen LogP contribution in [0.5, 0.6) is 0 Å². The number of unbranched alkanes of at least 4 members (excludes halogenated alkanes) is 8. The predicted molar refractivity (Wildman–Crippen MR) is 88.8 cm³/mol. The molecule has 2 atom stereocenters. The highest BCUT2D eigenvalue weighted by molar-refractivity contribution is 4.67. The van der Waals surface area contributed by atoms with Crippen molar-refractivity contribution in [1.29, 1.82) is 0 Å². The Kier molecular flexibility index (Phi) is 14.3. The van der Waals surface area contributed by atoms with Gasteiger partial charge in [0.25, 0.3) is 0 Å². The van der Waals surface area contributed by atoms with Gasteiger partial charge in [-0.15, -0.1) is 0 Å². The zero-order valence-electron chi connectivity index (χ0n) is 14.1. The van der Waals surface area contributed by atoms with Crippen LogP contribution in [-0.4, -0.2) is 13.1 Å². The molecular formula is C18H39N. The molecule has 0 aliphatic heterocycles. The molecule has 1 nitrogen and oxygen atoms in total. The van der Waals surface area contributed by atoms with E-state index < -0.39 is 0 Å². The van der Waals surface area contributed by atoms with Gasteiger partial charge in [-0.25, -0.2) is 0 Å².